The number of rotatable bonds is 7. The van der Waals surface area contributed by atoms with Crippen LogP contribution in [0.1, 0.15) is 30.4 Å². The van der Waals surface area contributed by atoms with E-state index < -0.39 is 10.0 Å². The highest BCUT2D eigenvalue weighted by Crippen LogP contribution is 2.21. The zero-order valence-electron chi connectivity index (χ0n) is 15.9. The smallest absolute Gasteiger partial charge is 0.243 e. The summed E-state index contributed by atoms with van der Waals surface area (Å²) >= 11 is 0. The number of hydrogen-bond acceptors (Lipinski definition) is 5. The van der Waals surface area contributed by atoms with Gasteiger partial charge in [0.25, 0.3) is 0 Å². The Bertz CT molecular complexity index is 907. The first kappa shape index (κ1) is 20.3. The number of methoxy groups -OCH3 is 1. The summed E-state index contributed by atoms with van der Waals surface area (Å²) < 4.78 is 31.9. The molecule has 1 aromatic heterocycles. The number of carbonyl (C=O) groups excluding carboxylic acids is 1. The summed E-state index contributed by atoms with van der Waals surface area (Å²) in [6.45, 7) is 1.53. The van der Waals surface area contributed by atoms with Crippen molar-refractivity contribution in [1.29, 1.82) is 0 Å². The number of ether oxygens (including phenoxy) is 1. The van der Waals surface area contributed by atoms with E-state index in [4.69, 9.17) is 4.74 Å². The Hall–Kier alpha value is -2.45. The second kappa shape index (κ2) is 9.16. The molecule has 1 aliphatic rings. The highest BCUT2D eigenvalue weighted by atomic mass is 32.2. The van der Waals surface area contributed by atoms with Gasteiger partial charge in [-0.3, -0.25) is 4.79 Å². The van der Waals surface area contributed by atoms with E-state index in [9.17, 15) is 13.2 Å². The molecule has 8 heteroatoms. The van der Waals surface area contributed by atoms with Crippen LogP contribution in [0, 0.1) is 0 Å². The van der Waals surface area contributed by atoms with Crippen molar-refractivity contribution in [2.24, 2.45) is 0 Å². The SMILES string of the molecule is COc1cc(CNC(=O)Cc2ccc(S(=O)(=O)N3CCCCC3)cc2)ccn1. The molecule has 0 spiro atoms. The third-order valence-electron chi connectivity index (χ3n) is 4.74. The lowest BCUT2D eigenvalue weighted by atomic mass is 10.1. The number of sulfonamides is 1. The minimum Gasteiger partial charge on any atom is -0.481 e. The zero-order chi connectivity index (χ0) is 20.0. The first-order valence-corrected chi connectivity index (χ1v) is 10.8. The van der Waals surface area contributed by atoms with Crippen molar-refractivity contribution in [2.75, 3.05) is 20.2 Å². The number of pyridine rings is 1. The molecule has 7 nitrogen and oxygen atoms in total. The van der Waals surface area contributed by atoms with Crippen LogP contribution in [0.15, 0.2) is 47.5 Å². The van der Waals surface area contributed by atoms with E-state index in [1.54, 1.807) is 47.9 Å². The van der Waals surface area contributed by atoms with Gasteiger partial charge < -0.3 is 10.1 Å². The topological polar surface area (TPSA) is 88.6 Å². The van der Waals surface area contributed by atoms with Gasteiger partial charge in [0.15, 0.2) is 0 Å². The zero-order valence-corrected chi connectivity index (χ0v) is 16.7. The number of aromatic nitrogens is 1. The minimum absolute atomic E-state index is 0.137. The Morgan fingerprint density at radius 3 is 2.50 bits per heavy atom. The molecule has 1 aliphatic heterocycles. The molecule has 0 radical (unpaired) electrons. The summed E-state index contributed by atoms with van der Waals surface area (Å²) in [5.74, 6) is 0.361. The number of nitrogens with zero attached hydrogens (tertiary/aromatic N) is 2. The molecule has 0 saturated carbocycles. The number of nitrogens with one attached hydrogen (secondary N) is 1. The van der Waals surface area contributed by atoms with Crippen LogP contribution in [0.25, 0.3) is 0 Å². The van der Waals surface area contributed by atoms with Crippen molar-refractivity contribution in [2.45, 2.75) is 37.1 Å². The lowest BCUT2D eigenvalue weighted by Gasteiger charge is -2.25. The molecule has 0 bridgehead atoms. The molecule has 1 aromatic carbocycles. The Labute approximate surface area is 165 Å². The first-order valence-electron chi connectivity index (χ1n) is 9.34. The Kier molecular flexibility index (Phi) is 6.64. The van der Waals surface area contributed by atoms with E-state index in [-0.39, 0.29) is 17.2 Å². The lowest BCUT2D eigenvalue weighted by molar-refractivity contribution is -0.120. The second-order valence-electron chi connectivity index (χ2n) is 6.77. The summed E-state index contributed by atoms with van der Waals surface area (Å²) in [7, 11) is -1.90. The van der Waals surface area contributed by atoms with Crippen molar-refractivity contribution >= 4 is 15.9 Å². The molecule has 2 aromatic rings. The molecule has 28 heavy (non-hydrogen) atoms. The van der Waals surface area contributed by atoms with Crippen molar-refractivity contribution in [3.05, 3.63) is 53.7 Å². The highest BCUT2D eigenvalue weighted by Gasteiger charge is 2.25. The van der Waals surface area contributed by atoms with Gasteiger partial charge in [0.05, 0.1) is 18.4 Å². The molecule has 1 N–H and O–H groups in total. The van der Waals surface area contributed by atoms with Gasteiger partial charge in [-0.15, -0.1) is 0 Å². The Morgan fingerprint density at radius 2 is 1.82 bits per heavy atom. The number of hydrogen-bond donors (Lipinski definition) is 1. The molecule has 1 saturated heterocycles. The summed E-state index contributed by atoms with van der Waals surface area (Å²) in [4.78, 5) is 16.5. The molecule has 0 aliphatic carbocycles. The molecule has 2 heterocycles. The van der Waals surface area contributed by atoms with Gasteiger partial charge >= 0.3 is 0 Å². The van der Waals surface area contributed by atoms with Crippen molar-refractivity contribution in [3.8, 4) is 5.88 Å². The van der Waals surface area contributed by atoms with Gasteiger partial charge in [0, 0.05) is 31.9 Å². The van der Waals surface area contributed by atoms with Gasteiger partial charge in [-0.1, -0.05) is 18.6 Å². The fourth-order valence-corrected chi connectivity index (χ4v) is 4.67. The predicted molar refractivity (Wildman–Crippen MR) is 105 cm³/mol. The van der Waals surface area contributed by atoms with Crippen LogP contribution >= 0.6 is 0 Å². The van der Waals surface area contributed by atoms with Gasteiger partial charge in [-0.05, 0) is 42.2 Å². The average molecular weight is 404 g/mol. The maximum atomic E-state index is 12.7. The van der Waals surface area contributed by atoms with Crippen molar-refractivity contribution in [1.82, 2.24) is 14.6 Å². The second-order valence-corrected chi connectivity index (χ2v) is 8.71. The average Bonchev–Trinajstić information content (AvgIpc) is 2.73. The molecule has 0 atom stereocenters. The van der Waals surface area contributed by atoms with Crippen LogP contribution in [0.2, 0.25) is 0 Å². The molecule has 1 fully saturated rings. The van der Waals surface area contributed by atoms with Crippen molar-refractivity contribution < 1.29 is 17.9 Å². The summed E-state index contributed by atoms with van der Waals surface area (Å²) in [6, 6.07) is 10.1. The third-order valence-corrected chi connectivity index (χ3v) is 6.65. The number of carbonyl (C=O) groups is 1. The monoisotopic (exact) mass is 403 g/mol. The van der Waals surface area contributed by atoms with Crippen LogP contribution in [-0.2, 0) is 27.8 Å². The summed E-state index contributed by atoms with van der Waals surface area (Å²) in [6.07, 6.45) is 4.70. The van der Waals surface area contributed by atoms with E-state index in [0.29, 0.717) is 25.5 Å². The van der Waals surface area contributed by atoms with E-state index in [2.05, 4.69) is 10.3 Å². The van der Waals surface area contributed by atoms with Crippen LogP contribution in [0.3, 0.4) is 0 Å². The van der Waals surface area contributed by atoms with Crippen molar-refractivity contribution in [3.63, 3.8) is 0 Å². The van der Waals surface area contributed by atoms with Crippen LogP contribution in [0.5, 0.6) is 5.88 Å². The summed E-state index contributed by atoms with van der Waals surface area (Å²) in [5, 5.41) is 2.85. The van der Waals surface area contributed by atoms with E-state index in [0.717, 1.165) is 30.4 Å². The van der Waals surface area contributed by atoms with Gasteiger partial charge in [-0.2, -0.15) is 4.31 Å². The van der Waals surface area contributed by atoms with Gasteiger partial charge in [-0.25, -0.2) is 13.4 Å². The molecule has 0 unspecified atom stereocenters. The number of benzene rings is 1. The molecular weight excluding hydrogens is 378 g/mol. The van der Waals surface area contributed by atoms with E-state index in [1.165, 1.54) is 0 Å². The maximum Gasteiger partial charge on any atom is 0.243 e. The molecule has 1 amide bonds. The number of piperidine rings is 1. The Morgan fingerprint density at radius 1 is 1.11 bits per heavy atom. The minimum atomic E-state index is -3.45. The van der Waals surface area contributed by atoms with Crippen LogP contribution in [-0.4, -0.2) is 43.8 Å². The quantitative estimate of drug-likeness (QED) is 0.765. The Balaban J connectivity index is 1.56. The largest absolute Gasteiger partial charge is 0.481 e. The molecule has 3 rings (SSSR count). The standard InChI is InChI=1S/C20H25N3O4S/c1-27-20-14-17(9-10-21-20)15-22-19(24)13-16-5-7-18(8-6-16)28(25,26)23-11-3-2-4-12-23/h5-10,14H,2-4,11-13,15H2,1H3,(H,22,24). The fourth-order valence-electron chi connectivity index (χ4n) is 3.15. The van der Waals surface area contributed by atoms with Crippen LogP contribution in [0.4, 0.5) is 0 Å². The highest BCUT2D eigenvalue weighted by molar-refractivity contribution is 7.89. The molecule has 150 valence electrons. The molecular formula is C20H25N3O4S. The predicted octanol–water partition coefficient (Wildman–Crippen LogP) is 2.12. The number of amides is 1. The van der Waals surface area contributed by atoms with Crippen LogP contribution < -0.4 is 10.1 Å². The normalized spacial score (nSPS) is 15.2. The van der Waals surface area contributed by atoms with E-state index >= 15 is 0 Å². The third kappa shape index (κ3) is 5.08. The van der Waals surface area contributed by atoms with Gasteiger partial charge in [0.2, 0.25) is 21.8 Å². The van der Waals surface area contributed by atoms with Gasteiger partial charge in [0.1, 0.15) is 0 Å². The summed E-state index contributed by atoms with van der Waals surface area (Å²) in [5.41, 5.74) is 1.66. The fraction of sp³-hybridized carbons (Fsp3) is 0.400. The van der Waals surface area contributed by atoms with E-state index in [1.807, 2.05) is 6.07 Å². The first-order chi connectivity index (χ1) is 13.5. The maximum absolute atomic E-state index is 12.7. The lowest BCUT2D eigenvalue weighted by Crippen LogP contribution is -2.35.